The van der Waals surface area contributed by atoms with Crippen LogP contribution in [0.4, 0.5) is 0 Å². The van der Waals surface area contributed by atoms with Crippen molar-refractivity contribution in [3.63, 3.8) is 0 Å². The van der Waals surface area contributed by atoms with Crippen LogP contribution in [0.1, 0.15) is 102 Å². The number of ketones is 3. The molecule has 4 atom stereocenters. The molecule has 0 aromatic heterocycles. The summed E-state index contributed by atoms with van der Waals surface area (Å²) in [5.74, 6) is -0.961. The first-order valence-corrected chi connectivity index (χ1v) is 14.1. The average Bonchev–Trinajstić information content (AvgIpc) is 2.80. The van der Waals surface area contributed by atoms with Gasteiger partial charge in [0.2, 0.25) is 0 Å². The molecule has 4 nitrogen and oxygen atoms in total. The number of allylic oxidation sites excluding steroid dienone is 9. The minimum atomic E-state index is -1.77. The second-order valence-electron chi connectivity index (χ2n) is 13.6. The van der Waals surface area contributed by atoms with E-state index in [2.05, 4.69) is 32.1 Å². The Morgan fingerprint density at radius 1 is 0.947 bits per heavy atom. The Morgan fingerprint density at radius 2 is 1.50 bits per heavy atom. The summed E-state index contributed by atoms with van der Waals surface area (Å²) in [6, 6.07) is 0. The summed E-state index contributed by atoms with van der Waals surface area (Å²) in [4.78, 5) is 44.5. The zero-order chi connectivity index (χ0) is 28.8. The average molecular weight is 521 g/mol. The highest BCUT2D eigenvalue weighted by atomic mass is 16.5. The standard InChI is InChI=1S/C34H48O4/c1-21(2)12-13-25-20-33(19-15-23(5)6)29-26(16-17-31(9,10)38-29)28(36)34(30(33)37,27(35)24(7)8)32(25,11)18-14-22(3)4/h12,14-17,24-25H,13,18-20H2,1-11H3/t25-,32+,33+,34-/m0/s1. The van der Waals surface area contributed by atoms with Crippen LogP contribution in [-0.4, -0.2) is 23.0 Å². The molecule has 3 rings (SSSR count). The second-order valence-corrected chi connectivity index (χ2v) is 13.6. The molecule has 1 heterocycles. The smallest absolute Gasteiger partial charge is 0.187 e. The van der Waals surface area contributed by atoms with Crippen molar-refractivity contribution >= 4 is 17.3 Å². The largest absolute Gasteiger partial charge is 0.486 e. The quantitative estimate of drug-likeness (QED) is 0.240. The van der Waals surface area contributed by atoms with Gasteiger partial charge >= 0.3 is 0 Å². The van der Waals surface area contributed by atoms with Gasteiger partial charge in [0.25, 0.3) is 0 Å². The highest BCUT2D eigenvalue weighted by Crippen LogP contribution is 2.68. The van der Waals surface area contributed by atoms with E-state index in [0.29, 0.717) is 37.0 Å². The number of ether oxygens (including phenoxy) is 1. The third kappa shape index (κ3) is 4.62. The van der Waals surface area contributed by atoms with Gasteiger partial charge in [0.05, 0.1) is 11.0 Å². The Bertz CT molecular complexity index is 1170. The molecule has 2 bridgehead atoms. The van der Waals surface area contributed by atoms with Gasteiger partial charge in [-0.1, -0.05) is 55.7 Å². The van der Waals surface area contributed by atoms with E-state index in [0.717, 1.165) is 11.1 Å². The second kappa shape index (κ2) is 10.2. The maximum absolute atomic E-state index is 15.2. The number of hydrogen-bond acceptors (Lipinski definition) is 4. The van der Waals surface area contributed by atoms with Crippen molar-refractivity contribution in [1.29, 1.82) is 0 Å². The van der Waals surface area contributed by atoms with Gasteiger partial charge < -0.3 is 4.74 Å². The van der Waals surface area contributed by atoms with Crippen LogP contribution in [0.25, 0.3) is 0 Å². The molecule has 0 saturated heterocycles. The minimum absolute atomic E-state index is 0.0745. The summed E-state index contributed by atoms with van der Waals surface area (Å²) >= 11 is 0. The van der Waals surface area contributed by atoms with Crippen LogP contribution in [0.3, 0.4) is 0 Å². The molecule has 1 fully saturated rings. The molecule has 0 N–H and O–H groups in total. The summed E-state index contributed by atoms with van der Waals surface area (Å²) in [6.45, 7) is 21.8. The minimum Gasteiger partial charge on any atom is -0.486 e. The topological polar surface area (TPSA) is 60.4 Å². The van der Waals surface area contributed by atoms with Crippen LogP contribution < -0.4 is 0 Å². The fourth-order valence-corrected chi connectivity index (χ4v) is 6.71. The lowest BCUT2D eigenvalue weighted by Crippen LogP contribution is -2.71. The number of rotatable bonds is 8. The molecular weight excluding hydrogens is 472 g/mol. The molecule has 208 valence electrons. The molecule has 0 amide bonds. The van der Waals surface area contributed by atoms with Crippen molar-refractivity contribution in [2.24, 2.45) is 28.1 Å². The summed E-state index contributed by atoms with van der Waals surface area (Å²) in [5, 5.41) is 0. The monoisotopic (exact) mass is 520 g/mol. The number of fused-ring (bicyclic) bond motifs is 3. The molecule has 0 aromatic rings. The molecule has 2 aliphatic carbocycles. The molecular formula is C34H48O4. The van der Waals surface area contributed by atoms with Crippen molar-refractivity contribution < 1.29 is 19.1 Å². The summed E-state index contributed by atoms with van der Waals surface area (Å²) in [5.41, 5.74) is -0.577. The maximum Gasteiger partial charge on any atom is 0.187 e. The van der Waals surface area contributed by atoms with Crippen molar-refractivity contribution in [1.82, 2.24) is 0 Å². The number of Topliss-reactive ketones (excluding diaryl/α,β-unsaturated/α-hetero) is 3. The van der Waals surface area contributed by atoms with Crippen LogP contribution in [-0.2, 0) is 19.1 Å². The summed E-state index contributed by atoms with van der Waals surface area (Å²) in [6.07, 6.45) is 12.2. The van der Waals surface area contributed by atoms with E-state index in [1.165, 1.54) is 5.57 Å². The Hall–Kier alpha value is -2.49. The van der Waals surface area contributed by atoms with E-state index in [9.17, 15) is 9.59 Å². The molecule has 1 aliphatic heterocycles. The molecule has 1 saturated carbocycles. The molecule has 0 aromatic carbocycles. The number of carbonyl (C=O) groups excluding carboxylic acids is 3. The van der Waals surface area contributed by atoms with Crippen LogP contribution in [0.15, 0.2) is 58.4 Å². The van der Waals surface area contributed by atoms with E-state index in [1.54, 1.807) is 0 Å². The Morgan fingerprint density at radius 3 is 2.03 bits per heavy atom. The fraction of sp³-hybridized carbons (Fsp3) is 0.618. The van der Waals surface area contributed by atoms with Gasteiger partial charge in [0.1, 0.15) is 11.4 Å². The van der Waals surface area contributed by atoms with Gasteiger partial charge in [-0.3, -0.25) is 14.4 Å². The molecule has 4 heteroatoms. The third-order valence-electron chi connectivity index (χ3n) is 8.91. The van der Waals surface area contributed by atoms with Crippen LogP contribution in [0.2, 0.25) is 0 Å². The molecule has 3 aliphatic rings. The number of hydrogen-bond donors (Lipinski definition) is 0. The van der Waals surface area contributed by atoms with Crippen LogP contribution in [0.5, 0.6) is 0 Å². The first-order valence-electron chi connectivity index (χ1n) is 14.1. The predicted molar refractivity (Wildman–Crippen MR) is 154 cm³/mol. The van der Waals surface area contributed by atoms with Crippen molar-refractivity contribution in [3.05, 3.63) is 58.4 Å². The van der Waals surface area contributed by atoms with Gasteiger partial charge in [0.15, 0.2) is 22.8 Å². The molecule has 38 heavy (non-hydrogen) atoms. The van der Waals surface area contributed by atoms with E-state index in [4.69, 9.17) is 4.74 Å². The first-order chi connectivity index (χ1) is 17.5. The Kier molecular flexibility index (Phi) is 8.10. The van der Waals surface area contributed by atoms with Crippen molar-refractivity contribution in [2.45, 2.75) is 107 Å². The summed E-state index contributed by atoms with van der Waals surface area (Å²) < 4.78 is 6.55. The van der Waals surface area contributed by atoms with Gasteiger partial charge in [-0.15, -0.1) is 0 Å². The molecule has 0 spiro atoms. The third-order valence-corrected chi connectivity index (χ3v) is 8.91. The lowest BCUT2D eigenvalue weighted by atomic mass is 9.38. The highest BCUT2D eigenvalue weighted by molar-refractivity contribution is 6.34. The molecule has 0 radical (unpaired) electrons. The first kappa shape index (κ1) is 30.1. The SMILES string of the molecule is CC(C)=CC[C@H]1C[C@@]2(CC=C(C)C)C(=O)[C@](C(=O)C(C)C)(C(=O)C3=C2OC(C)(C)C=C3)[C@]1(C)CC=C(C)C. The van der Waals surface area contributed by atoms with Crippen LogP contribution in [0, 0.1) is 28.1 Å². The number of carbonyl (C=O) groups is 3. The lowest BCUT2D eigenvalue weighted by Gasteiger charge is -2.62. The fourth-order valence-electron chi connectivity index (χ4n) is 6.71. The zero-order valence-corrected chi connectivity index (χ0v) is 25.5. The van der Waals surface area contributed by atoms with Crippen molar-refractivity contribution in [2.75, 3.05) is 0 Å². The highest BCUT2D eigenvalue weighted by Gasteiger charge is 2.76. The van der Waals surface area contributed by atoms with E-state index >= 15 is 4.79 Å². The summed E-state index contributed by atoms with van der Waals surface area (Å²) in [7, 11) is 0. The Labute approximate surface area is 230 Å². The van der Waals surface area contributed by atoms with Gasteiger partial charge in [-0.2, -0.15) is 0 Å². The van der Waals surface area contributed by atoms with E-state index < -0.39 is 27.8 Å². The normalized spacial score (nSPS) is 31.4. The maximum atomic E-state index is 15.2. The Balaban J connectivity index is 2.51. The predicted octanol–water partition coefficient (Wildman–Crippen LogP) is 8.05. The van der Waals surface area contributed by atoms with E-state index in [-0.39, 0.29) is 23.3 Å². The molecule has 0 unspecified atom stereocenters. The van der Waals surface area contributed by atoms with Gasteiger partial charge in [-0.25, -0.2) is 0 Å². The van der Waals surface area contributed by atoms with Crippen LogP contribution >= 0.6 is 0 Å². The zero-order valence-electron chi connectivity index (χ0n) is 25.5. The van der Waals surface area contributed by atoms with Crippen molar-refractivity contribution in [3.8, 4) is 0 Å². The van der Waals surface area contributed by atoms with E-state index in [1.807, 2.05) is 74.5 Å². The van der Waals surface area contributed by atoms with Gasteiger partial charge in [0, 0.05) is 11.3 Å². The van der Waals surface area contributed by atoms with Gasteiger partial charge in [-0.05, 0) is 99.1 Å². The lowest BCUT2D eigenvalue weighted by molar-refractivity contribution is -0.181.